The van der Waals surface area contributed by atoms with E-state index in [0.29, 0.717) is 24.9 Å². The lowest BCUT2D eigenvalue weighted by molar-refractivity contribution is -0.118. The maximum absolute atomic E-state index is 12.9. The van der Waals surface area contributed by atoms with Crippen LogP contribution < -0.4 is 11.1 Å². The molecule has 0 bridgehead atoms. The Labute approximate surface area is 102 Å². The second-order valence-corrected chi connectivity index (χ2v) is 4.66. The summed E-state index contributed by atoms with van der Waals surface area (Å²) in [5.74, 6) is -0.596. The van der Waals surface area contributed by atoms with Gasteiger partial charge in [0.05, 0.1) is 10.2 Å². The summed E-state index contributed by atoms with van der Waals surface area (Å²) in [6.07, 6.45) is 1.02. The molecule has 0 aliphatic carbocycles. The summed E-state index contributed by atoms with van der Waals surface area (Å²) in [5, 5.41) is 3.82. The van der Waals surface area contributed by atoms with E-state index in [1.54, 1.807) is 6.07 Å². The van der Waals surface area contributed by atoms with E-state index in [9.17, 15) is 9.18 Å². The molecule has 1 heterocycles. The van der Waals surface area contributed by atoms with Gasteiger partial charge in [-0.25, -0.2) is 9.37 Å². The van der Waals surface area contributed by atoms with Crippen molar-refractivity contribution in [2.45, 2.75) is 12.8 Å². The summed E-state index contributed by atoms with van der Waals surface area (Å²) in [7, 11) is 0. The molecule has 2 aromatic rings. The normalized spacial score (nSPS) is 10.6. The second-order valence-electron chi connectivity index (χ2n) is 3.63. The monoisotopic (exact) mass is 253 g/mol. The van der Waals surface area contributed by atoms with Crippen LogP contribution in [-0.2, 0) is 4.79 Å². The van der Waals surface area contributed by atoms with Crippen LogP contribution in [0, 0.1) is 5.82 Å². The number of benzene rings is 1. The molecule has 0 unspecified atom stereocenters. The molecule has 0 saturated heterocycles. The Balaban J connectivity index is 1.97. The van der Waals surface area contributed by atoms with Gasteiger partial charge in [-0.15, -0.1) is 0 Å². The average molecular weight is 253 g/mol. The lowest BCUT2D eigenvalue weighted by atomic mass is 10.3. The Morgan fingerprint density at radius 3 is 3.12 bits per heavy atom. The van der Waals surface area contributed by atoms with Gasteiger partial charge in [0, 0.05) is 19.0 Å². The number of anilines is 1. The predicted octanol–water partition coefficient (Wildman–Crippen LogP) is 2.11. The van der Waals surface area contributed by atoms with Crippen molar-refractivity contribution >= 4 is 32.6 Å². The van der Waals surface area contributed by atoms with Crippen molar-refractivity contribution in [3.05, 3.63) is 24.0 Å². The lowest BCUT2D eigenvalue weighted by Gasteiger charge is -1.99. The van der Waals surface area contributed by atoms with Crippen LogP contribution in [0.2, 0.25) is 0 Å². The molecule has 0 aliphatic rings. The number of fused-ring (bicyclic) bond motifs is 1. The summed E-state index contributed by atoms with van der Waals surface area (Å²) < 4.78 is 13.9. The molecule has 0 fully saturated rings. The number of nitrogens with one attached hydrogen (secondary N) is 1. The Kier molecular flexibility index (Phi) is 3.53. The Morgan fingerprint density at radius 2 is 2.35 bits per heavy atom. The smallest absolute Gasteiger partial charge is 0.217 e. The molecular weight excluding hydrogens is 241 g/mol. The van der Waals surface area contributed by atoms with Crippen molar-refractivity contribution in [3.63, 3.8) is 0 Å². The molecule has 3 N–H and O–H groups in total. The number of rotatable bonds is 5. The van der Waals surface area contributed by atoms with E-state index in [1.165, 1.54) is 23.5 Å². The zero-order chi connectivity index (χ0) is 12.3. The van der Waals surface area contributed by atoms with Crippen molar-refractivity contribution in [1.82, 2.24) is 4.98 Å². The fraction of sp³-hybridized carbons (Fsp3) is 0.273. The number of nitrogens with zero attached hydrogens (tertiary/aromatic N) is 1. The topological polar surface area (TPSA) is 68.0 Å². The molecule has 0 spiro atoms. The molecular formula is C11H12FN3OS. The van der Waals surface area contributed by atoms with Gasteiger partial charge in [0.25, 0.3) is 0 Å². The Morgan fingerprint density at radius 1 is 1.53 bits per heavy atom. The van der Waals surface area contributed by atoms with E-state index < -0.39 is 0 Å². The van der Waals surface area contributed by atoms with Crippen molar-refractivity contribution in [3.8, 4) is 0 Å². The molecule has 17 heavy (non-hydrogen) atoms. The minimum Gasteiger partial charge on any atom is -0.370 e. The number of hydrogen-bond donors (Lipinski definition) is 2. The van der Waals surface area contributed by atoms with Gasteiger partial charge >= 0.3 is 0 Å². The summed E-state index contributed by atoms with van der Waals surface area (Å²) in [4.78, 5) is 14.8. The largest absolute Gasteiger partial charge is 0.370 e. The maximum atomic E-state index is 12.9. The van der Waals surface area contributed by atoms with Gasteiger partial charge in [-0.1, -0.05) is 11.3 Å². The molecule has 90 valence electrons. The van der Waals surface area contributed by atoms with E-state index in [0.717, 1.165) is 9.83 Å². The number of nitrogens with two attached hydrogens (primary N) is 1. The van der Waals surface area contributed by atoms with Crippen molar-refractivity contribution in [2.75, 3.05) is 11.9 Å². The van der Waals surface area contributed by atoms with Crippen LogP contribution in [0.3, 0.4) is 0 Å². The quantitative estimate of drug-likeness (QED) is 0.802. The standard InChI is InChI=1S/C11H12FN3OS/c12-7-3-4-9-8(6-7)15-11(17-9)14-5-1-2-10(13)16/h3-4,6H,1-2,5H2,(H2,13,16)(H,14,15). The highest BCUT2D eigenvalue weighted by Crippen LogP contribution is 2.26. The van der Waals surface area contributed by atoms with Gasteiger partial charge in [0.15, 0.2) is 5.13 Å². The molecule has 2 rings (SSSR count). The summed E-state index contributed by atoms with van der Waals surface area (Å²) in [5.41, 5.74) is 5.67. The molecule has 0 radical (unpaired) electrons. The number of thiazole rings is 1. The molecule has 1 aromatic carbocycles. The highest BCUT2D eigenvalue weighted by atomic mass is 32.1. The second kappa shape index (κ2) is 5.09. The number of amides is 1. The van der Waals surface area contributed by atoms with Gasteiger partial charge in [-0.3, -0.25) is 4.79 Å². The number of hydrogen-bond acceptors (Lipinski definition) is 4. The zero-order valence-corrected chi connectivity index (χ0v) is 9.89. The summed E-state index contributed by atoms with van der Waals surface area (Å²) in [6.45, 7) is 0.630. The Bertz CT molecular complexity index is 540. The Hall–Kier alpha value is -1.69. The number of aromatic nitrogens is 1. The first-order valence-corrected chi connectivity index (χ1v) is 6.05. The fourth-order valence-electron chi connectivity index (χ4n) is 1.43. The first-order chi connectivity index (χ1) is 8.15. The van der Waals surface area contributed by atoms with Gasteiger partial charge in [-0.05, 0) is 18.6 Å². The zero-order valence-electron chi connectivity index (χ0n) is 9.07. The summed E-state index contributed by atoms with van der Waals surface area (Å²) >= 11 is 1.46. The van der Waals surface area contributed by atoms with E-state index in [2.05, 4.69) is 10.3 Å². The molecule has 1 amide bonds. The first-order valence-electron chi connectivity index (χ1n) is 5.23. The summed E-state index contributed by atoms with van der Waals surface area (Å²) in [6, 6.07) is 4.52. The first kappa shape index (κ1) is 11.8. The van der Waals surface area contributed by atoms with Crippen molar-refractivity contribution in [2.24, 2.45) is 5.73 Å². The minimum absolute atomic E-state index is 0.289. The third-order valence-electron chi connectivity index (χ3n) is 2.23. The van der Waals surface area contributed by atoms with Crippen LogP contribution in [0.5, 0.6) is 0 Å². The predicted molar refractivity (Wildman–Crippen MR) is 66.5 cm³/mol. The highest BCUT2D eigenvalue weighted by Gasteiger charge is 2.04. The molecule has 1 aromatic heterocycles. The highest BCUT2D eigenvalue weighted by molar-refractivity contribution is 7.22. The molecule has 0 aliphatic heterocycles. The maximum Gasteiger partial charge on any atom is 0.217 e. The van der Waals surface area contributed by atoms with Gasteiger partial charge in [-0.2, -0.15) is 0 Å². The number of halogens is 1. The van der Waals surface area contributed by atoms with Crippen LogP contribution >= 0.6 is 11.3 Å². The fourth-order valence-corrected chi connectivity index (χ4v) is 2.31. The van der Waals surface area contributed by atoms with Crippen LogP contribution in [0.4, 0.5) is 9.52 Å². The molecule has 0 saturated carbocycles. The van der Waals surface area contributed by atoms with E-state index in [1.807, 2.05) is 0 Å². The molecule has 6 heteroatoms. The average Bonchev–Trinajstić information content (AvgIpc) is 2.66. The van der Waals surface area contributed by atoms with Gasteiger partial charge in [0.2, 0.25) is 5.91 Å². The van der Waals surface area contributed by atoms with Crippen LogP contribution in [0.1, 0.15) is 12.8 Å². The third-order valence-corrected chi connectivity index (χ3v) is 3.22. The van der Waals surface area contributed by atoms with Crippen LogP contribution in [0.25, 0.3) is 10.2 Å². The minimum atomic E-state index is -0.307. The van der Waals surface area contributed by atoms with E-state index in [4.69, 9.17) is 5.73 Å². The number of carbonyl (C=O) groups excluding carboxylic acids is 1. The van der Waals surface area contributed by atoms with Crippen molar-refractivity contribution < 1.29 is 9.18 Å². The third kappa shape index (κ3) is 3.13. The lowest BCUT2D eigenvalue weighted by Crippen LogP contribution is -2.12. The number of carbonyl (C=O) groups is 1. The molecule has 4 nitrogen and oxygen atoms in total. The van der Waals surface area contributed by atoms with E-state index >= 15 is 0 Å². The van der Waals surface area contributed by atoms with Gasteiger partial charge < -0.3 is 11.1 Å². The SMILES string of the molecule is NC(=O)CCCNc1nc2cc(F)ccc2s1. The van der Waals surface area contributed by atoms with E-state index in [-0.39, 0.29) is 11.7 Å². The molecule has 0 atom stereocenters. The van der Waals surface area contributed by atoms with Crippen molar-refractivity contribution in [1.29, 1.82) is 0 Å². The van der Waals surface area contributed by atoms with Crippen LogP contribution in [0.15, 0.2) is 18.2 Å². The van der Waals surface area contributed by atoms with Gasteiger partial charge in [0.1, 0.15) is 5.82 Å². The van der Waals surface area contributed by atoms with Crippen LogP contribution in [-0.4, -0.2) is 17.4 Å². The number of primary amides is 1.